The van der Waals surface area contributed by atoms with Crippen molar-refractivity contribution in [3.05, 3.63) is 34.3 Å². The molecule has 1 aromatic carbocycles. The summed E-state index contributed by atoms with van der Waals surface area (Å²) in [6, 6.07) is 5.69. The zero-order valence-corrected chi connectivity index (χ0v) is 14.0. The minimum absolute atomic E-state index is 0.0884. The van der Waals surface area contributed by atoms with Crippen LogP contribution in [0.4, 0.5) is 0 Å². The Kier molecular flexibility index (Phi) is 4.34. The van der Waals surface area contributed by atoms with Crippen LogP contribution in [0, 0.1) is 0 Å². The summed E-state index contributed by atoms with van der Waals surface area (Å²) in [4.78, 5) is 27.6. The molecule has 0 aliphatic carbocycles. The molecule has 124 valence electrons. The van der Waals surface area contributed by atoms with Gasteiger partial charge in [-0.1, -0.05) is 17.7 Å². The number of hydrogen-bond donors (Lipinski definition) is 1. The van der Waals surface area contributed by atoms with E-state index in [1.165, 1.54) is 6.92 Å². The van der Waals surface area contributed by atoms with Gasteiger partial charge >= 0.3 is 0 Å². The molecule has 0 saturated carbocycles. The molecule has 2 aliphatic rings. The van der Waals surface area contributed by atoms with Crippen LogP contribution in [0.15, 0.2) is 18.2 Å². The number of rotatable bonds is 1. The molecular formula is C17H21ClN2O3. The van der Waals surface area contributed by atoms with Crippen LogP contribution in [0.2, 0.25) is 5.02 Å². The lowest BCUT2D eigenvalue weighted by atomic mass is 9.89. The molecule has 23 heavy (non-hydrogen) atoms. The summed E-state index contributed by atoms with van der Waals surface area (Å²) in [5.74, 6) is -0.376. The molecule has 0 aromatic heterocycles. The van der Waals surface area contributed by atoms with Crippen LogP contribution >= 0.6 is 11.6 Å². The van der Waals surface area contributed by atoms with E-state index in [2.05, 4.69) is 0 Å². The molecule has 2 heterocycles. The molecule has 0 spiro atoms. The van der Waals surface area contributed by atoms with Gasteiger partial charge in [0, 0.05) is 31.6 Å². The topological polar surface area (TPSA) is 60.9 Å². The molecular weight excluding hydrogens is 316 g/mol. The first-order valence-corrected chi connectivity index (χ1v) is 8.31. The predicted octanol–water partition coefficient (Wildman–Crippen LogP) is 1.60. The summed E-state index contributed by atoms with van der Waals surface area (Å²) in [5.41, 5.74) is 0.757. The monoisotopic (exact) mass is 336 g/mol. The number of halogens is 1. The van der Waals surface area contributed by atoms with E-state index >= 15 is 0 Å². The Labute approximate surface area is 140 Å². The van der Waals surface area contributed by atoms with Crippen molar-refractivity contribution in [2.75, 3.05) is 19.6 Å². The van der Waals surface area contributed by atoms with Crippen molar-refractivity contribution in [1.82, 2.24) is 9.80 Å². The van der Waals surface area contributed by atoms with E-state index in [4.69, 9.17) is 11.6 Å². The second-order valence-electron chi connectivity index (χ2n) is 6.47. The Morgan fingerprint density at radius 3 is 2.74 bits per heavy atom. The summed E-state index contributed by atoms with van der Waals surface area (Å²) in [7, 11) is 0. The number of carbonyl (C=O) groups is 2. The summed E-state index contributed by atoms with van der Waals surface area (Å²) in [6.07, 6.45) is 1.77. The van der Waals surface area contributed by atoms with Crippen LogP contribution in [-0.2, 0) is 22.6 Å². The van der Waals surface area contributed by atoms with Crippen LogP contribution in [0.1, 0.15) is 30.9 Å². The highest BCUT2D eigenvalue weighted by molar-refractivity contribution is 6.30. The third kappa shape index (κ3) is 3.21. The average Bonchev–Trinajstić information content (AvgIpc) is 2.53. The van der Waals surface area contributed by atoms with Crippen molar-refractivity contribution >= 4 is 23.4 Å². The highest BCUT2D eigenvalue weighted by Crippen LogP contribution is 2.28. The lowest BCUT2D eigenvalue weighted by Crippen LogP contribution is -2.59. The zero-order valence-electron chi connectivity index (χ0n) is 13.2. The van der Waals surface area contributed by atoms with Gasteiger partial charge in [-0.2, -0.15) is 0 Å². The van der Waals surface area contributed by atoms with Crippen molar-refractivity contribution < 1.29 is 14.7 Å². The quantitative estimate of drug-likeness (QED) is 0.847. The number of likely N-dealkylation sites (tertiary alicyclic amines) is 1. The number of fused-ring (bicyclic) bond motifs is 1. The standard InChI is InChI=1S/C17H21ClN2O3/c1-12(21)20-7-2-6-17(23,11-20)16(22)19-8-5-13-9-15(18)4-3-14(13)10-19/h3-4,9,23H,2,5-8,10-11H2,1H3. The van der Waals surface area contributed by atoms with Gasteiger partial charge in [-0.05, 0) is 42.5 Å². The fourth-order valence-electron chi connectivity index (χ4n) is 3.47. The van der Waals surface area contributed by atoms with Gasteiger partial charge in [0.05, 0.1) is 6.54 Å². The maximum absolute atomic E-state index is 12.8. The Morgan fingerprint density at radius 1 is 1.22 bits per heavy atom. The molecule has 1 saturated heterocycles. The van der Waals surface area contributed by atoms with Crippen LogP contribution in [0.5, 0.6) is 0 Å². The first kappa shape index (κ1) is 16.3. The number of nitrogens with zero attached hydrogens (tertiary/aromatic N) is 2. The first-order chi connectivity index (χ1) is 10.9. The van der Waals surface area contributed by atoms with Crippen molar-refractivity contribution in [3.63, 3.8) is 0 Å². The van der Waals surface area contributed by atoms with Gasteiger partial charge in [-0.3, -0.25) is 9.59 Å². The van der Waals surface area contributed by atoms with E-state index in [0.29, 0.717) is 37.5 Å². The van der Waals surface area contributed by atoms with Gasteiger partial charge in [-0.25, -0.2) is 0 Å². The van der Waals surface area contributed by atoms with Crippen molar-refractivity contribution in [2.24, 2.45) is 0 Å². The first-order valence-electron chi connectivity index (χ1n) is 7.94. The van der Waals surface area contributed by atoms with E-state index in [0.717, 1.165) is 17.5 Å². The van der Waals surface area contributed by atoms with E-state index in [9.17, 15) is 14.7 Å². The van der Waals surface area contributed by atoms with Crippen LogP contribution in [0.3, 0.4) is 0 Å². The van der Waals surface area contributed by atoms with Gasteiger partial charge in [-0.15, -0.1) is 0 Å². The highest BCUT2D eigenvalue weighted by atomic mass is 35.5. The predicted molar refractivity (Wildman–Crippen MR) is 87.0 cm³/mol. The highest BCUT2D eigenvalue weighted by Gasteiger charge is 2.43. The number of aliphatic hydroxyl groups is 1. The number of amides is 2. The molecule has 1 N–H and O–H groups in total. The summed E-state index contributed by atoms with van der Waals surface area (Å²) >= 11 is 6.01. The Balaban J connectivity index is 1.75. The van der Waals surface area contributed by atoms with Gasteiger partial charge in [0.1, 0.15) is 0 Å². The molecule has 6 heteroatoms. The minimum atomic E-state index is -1.46. The Bertz CT molecular complexity index is 649. The Hall–Kier alpha value is -1.59. The molecule has 2 amide bonds. The van der Waals surface area contributed by atoms with Gasteiger partial charge < -0.3 is 14.9 Å². The third-order valence-corrected chi connectivity index (χ3v) is 5.02. The lowest BCUT2D eigenvalue weighted by Gasteiger charge is -2.41. The van der Waals surface area contributed by atoms with Crippen LogP contribution < -0.4 is 0 Å². The van der Waals surface area contributed by atoms with E-state index < -0.39 is 5.60 Å². The van der Waals surface area contributed by atoms with Crippen LogP contribution in [-0.4, -0.2) is 52.0 Å². The molecule has 3 rings (SSSR count). The third-order valence-electron chi connectivity index (χ3n) is 4.78. The number of hydrogen-bond acceptors (Lipinski definition) is 3. The second-order valence-corrected chi connectivity index (χ2v) is 6.90. The van der Waals surface area contributed by atoms with Gasteiger partial charge in [0.15, 0.2) is 5.60 Å². The fraction of sp³-hybridized carbons (Fsp3) is 0.529. The van der Waals surface area contributed by atoms with Crippen molar-refractivity contribution in [1.29, 1.82) is 0 Å². The molecule has 0 bridgehead atoms. The number of piperidine rings is 1. The lowest BCUT2D eigenvalue weighted by molar-refractivity contribution is -0.160. The normalized spacial score (nSPS) is 24.3. The largest absolute Gasteiger partial charge is 0.378 e. The fourth-order valence-corrected chi connectivity index (χ4v) is 3.66. The maximum Gasteiger partial charge on any atom is 0.256 e. The van der Waals surface area contributed by atoms with Gasteiger partial charge in [0.2, 0.25) is 5.91 Å². The molecule has 1 unspecified atom stereocenters. The summed E-state index contributed by atoms with van der Waals surface area (Å²) in [6.45, 7) is 3.21. The molecule has 1 aromatic rings. The van der Waals surface area contributed by atoms with Crippen molar-refractivity contribution in [3.8, 4) is 0 Å². The summed E-state index contributed by atoms with van der Waals surface area (Å²) in [5, 5.41) is 11.5. The maximum atomic E-state index is 12.8. The average molecular weight is 337 g/mol. The Morgan fingerprint density at radius 2 is 2.00 bits per heavy atom. The number of benzene rings is 1. The molecule has 1 fully saturated rings. The van der Waals surface area contributed by atoms with E-state index in [1.807, 2.05) is 18.2 Å². The molecule has 2 aliphatic heterocycles. The number of carbonyl (C=O) groups excluding carboxylic acids is 2. The molecule has 5 nitrogen and oxygen atoms in total. The molecule has 1 atom stereocenters. The SMILES string of the molecule is CC(=O)N1CCCC(O)(C(=O)N2CCc3cc(Cl)ccc3C2)C1. The van der Waals surface area contributed by atoms with Crippen LogP contribution in [0.25, 0.3) is 0 Å². The summed E-state index contributed by atoms with van der Waals surface area (Å²) < 4.78 is 0. The molecule has 0 radical (unpaired) electrons. The van der Waals surface area contributed by atoms with E-state index in [1.54, 1.807) is 9.80 Å². The van der Waals surface area contributed by atoms with Gasteiger partial charge in [0.25, 0.3) is 5.91 Å². The minimum Gasteiger partial charge on any atom is -0.378 e. The van der Waals surface area contributed by atoms with E-state index in [-0.39, 0.29) is 18.4 Å². The number of β-amino-alcohol motifs (C(OH)–C–C–N with tert-alkyl or cyclic N) is 1. The smallest absolute Gasteiger partial charge is 0.256 e. The second kappa shape index (κ2) is 6.13. The zero-order chi connectivity index (χ0) is 16.6. The van der Waals surface area contributed by atoms with Crippen molar-refractivity contribution in [2.45, 2.75) is 38.3 Å².